The van der Waals surface area contributed by atoms with Crippen LogP contribution in [0.1, 0.15) is 17.4 Å². The van der Waals surface area contributed by atoms with Crippen LogP contribution in [0, 0.1) is 0 Å². The summed E-state index contributed by atoms with van der Waals surface area (Å²) in [7, 11) is 0. The molecule has 0 bridgehead atoms. The molecule has 0 aliphatic carbocycles. The van der Waals surface area contributed by atoms with Gasteiger partial charge in [0.15, 0.2) is 0 Å². The largest absolute Gasteiger partial charge is 0.467 e. The van der Waals surface area contributed by atoms with Crippen LogP contribution < -0.4 is 0 Å². The molecule has 2 rings (SSSR count). The minimum atomic E-state index is -0.218. The van der Waals surface area contributed by atoms with Crippen LogP contribution in [0.4, 0.5) is 0 Å². The molecule has 0 saturated carbocycles. The van der Waals surface area contributed by atoms with Crippen LogP contribution in [0.5, 0.6) is 0 Å². The third kappa shape index (κ3) is 2.47. The first-order valence-corrected chi connectivity index (χ1v) is 5.87. The summed E-state index contributed by atoms with van der Waals surface area (Å²) in [4.78, 5) is 4.13. The van der Waals surface area contributed by atoms with Crippen LogP contribution in [-0.4, -0.2) is 5.16 Å². The number of isothiocyanates is 1. The Bertz CT molecular complexity index is 518. The number of nitrogens with zero attached hydrogens (tertiary/aromatic N) is 1. The van der Waals surface area contributed by atoms with Gasteiger partial charge >= 0.3 is 0 Å². The number of hydrogen-bond donors (Lipinski definition) is 0. The molecule has 1 heterocycles. The predicted octanol–water partition coefficient (Wildman–Crippen LogP) is 4.23. The van der Waals surface area contributed by atoms with E-state index in [4.69, 9.17) is 4.42 Å². The third-order valence-electron chi connectivity index (χ3n) is 2.16. The molecule has 1 atom stereocenters. The molecule has 16 heavy (non-hydrogen) atoms. The van der Waals surface area contributed by atoms with Crippen LogP contribution in [0.15, 0.2) is 56.5 Å². The number of hydrogen-bond acceptors (Lipinski definition) is 3. The van der Waals surface area contributed by atoms with E-state index in [9.17, 15) is 0 Å². The lowest BCUT2D eigenvalue weighted by Gasteiger charge is -2.08. The van der Waals surface area contributed by atoms with Crippen LogP contribution in [0.3, 0.4) is 0 Å². The van der Waals surface area contributed by atoms with Gasteiger partial charge < -0.3 is 4.42 Å². The van der Waals surface area contributed by atoms with Gasteiger partial charge in [0.25, 0.3) is 0 Å². The fraction of sp³-hybridized carbons (Fsp3) is 0.0833. The molecule has 2 aromatic rings. The Balaban J connectivity index is 2.44. The lowest BCUT2D eigenvalue weighted by Crippen LogP contribution is -1.95. The summed E-state index contributed by atoms with van der Waals surface area (Å²) < 4.78 is 6.35. The molecule has 80 valence electrons. The molecule has 0 aliphatic heterocycles. The van der Waals surface area contributed by atoms with Crippen molar-refractivity contribution < 1.29 is 4.42 Å². The van der Waals surface area contributed by atoms with Gasteiger partial charge in [-0.3, -0.25) is 0 Å². The van der Waals surface area contributed by atoms with E-state index < -0.39 is 0 Å². The van der Waals surface area contributed by atoms with Crippen molar-refractivity contribution in [1.82, 2.24) is 0 Å². The number of aliphatic imine (C=N–C) groups is 1. The molecular formula is C12H8BrNOS. The van der Waals surface area contributed by atoms with Crippen LogP contribution in [0.2, 0.25) is 0 Å². The van der Waals surface area contributed by atoms with Crippen molar-refractivity contribution in [2.24, 2.45) is 4.99 Å². The molecule has 0 amide bonds. The Morgan fingerprint density at radius 1 is 1.31 bits per heavy atom. The minimum absolute atomic E-state index is 0.218. The topological polar surface area (TPSA) is 25.5 Å². The van der Waals surface area contributed by atoms with Gasteiger partial charge in [-0.2, -0.15) is 0 Å². The highest BCUT2D eigenvalue weighted by Crippen LogP contribution is 2.27. The normalized spacial score (nSPS) is 11.8. The second kappa shape index (κ2) is 5.21. The number of rotatable bonds is 3. The SMILES string of the molecule is S=C=NC(c1cccc(Br)c1)c1ccco1. The fourth-order valence-electron chi connectivity index (χ4n) is 1.48. The maximum atomic E-state index is 5.35. The smallest absolute Gasteiger partial charge is 0.143 e. The summed E-state index contributed by atoms with van der Waals surface area (Å²) in [5.74, 6) is 0.760. The summed E-state index contributed by atoms with van der Waals surface area (Å²) in [5, 5.41) is 2.41. The molecule has 1 aromatic heterocycles. The molecule has 1 aromatic carbocycles. The Kier molecular flexibility index (Phi) is 3.67. The van der Waals surface area contributed by atoms with E-state index in [1.165, 1.54) is 0 Å². The molecule has 0 saturated heterocycles. The quantitative estimate of drug-likeness (QED) is 0.625. The van der Waals surface area contributed by atoms with Crippen molar-refractivity contribution >= 4 is 33.3 Å². The minimum Gasteiger partial charge on any atom is -0.467 e. The summed E-state index contributed by atoms with van der Waals surface area (Å²) >= 11 is 8.09. The maximum Gasteiger partial charge on any atom is 0.143 e. The van der Waals surface area contributed by atoms with Crippen molar-refractivity contribution in [1.29, 1.82) is 0 Å². The Morgan fingerprint density at radius 2 is 2.19 bits per heavy atom. The van der Waals surface area contributed by atoms with Crippen molar-refractivity contribution in [3.63, 3.8) is 0 Å². The van der Waals surface area contributed by atoms with Crippen molar-refractivity contribution in [2.75, 3.05) is 0 Å². The molecule has 2 nitrogen and oxygen atoms in total. The number of halogens is 1. The average molecular weight is 294 g/mol. The number of benzene rings is 1. The van der Waals surface area contributed by atoms with Crippen molar-refractivity contribution in [3.05, 3.63) is 58.5 Å². The van der Waals surface area contributed by atoms with E-state index in [1.54, 1.807) is 6.26 Å². The molecule has 0 radical (unpaired) electrons. The molecule has 4 heteroatoms. The summed E-state index contributed by atoms with van der Waals surface area (Å²) in [5.41, 5.74) is 1.02. The Hall–Kier alpha value is -1.22. The first kappa shape index (κ1) is 11.3. The zero-order chi connectivity index (χ0) is 11.4. The van der Waals surface area contributed by atoms with Gasteiger partial charge in [-0.05, 0) is 42.0 Å². The standard InChI is InChI=1S/C12H8BrNOS/c13-10-4-1-3-9(7-10)12(14-8-16)11-5-2-6-15-11/h1-7,12H. The van der Waals surface area contributed by atoms with Gasteiger partial charge in [0, 0.05) is 4.47 Å². The van der Waals surface area contributed by atoms with E-state index in [-0.39, 0.29) is 6.04 Å². The Labute approximate surface area is 107 Å². The molecular weight excluding hydrogens is 286 g/mol. The number of thiocarbonyl (C=S) groups is 1. The first-order valence-electron chi connectivity index (χ1n) is 4.67. The molecule has 0 spiro atoms. The zero-order valence-corrected chi connectivity index (χ0v) is 10.7. The molecule has 0 aliphatic rings. The van der Waals surface area contributed by atoms with E-state index in [2.05, 4.69) is 38.3 Å². The lowest BCUT2D eigenvalue weighted by molar-refractivity contribution is 0.491. The summed E-state index contributed by atoms with van der Waals surface area (Å²) in [6.45, 7) is 0. The number of furan rings is 1. The molecule has 0 fully saturated rings. The summed E-state index contributed by atoms with van der Waals surface area (Å²) in [6, 6.07) is 11.4. The van der Waals surface area contributed by atoms with E-state index in [0.717, 1.165) is 15.8 Å². The van der Waals surface area contributed by atoms with Gasteiger partial charge in [0.05, 0.1) is 11.4 Å². The summed E-state index contributed by atoms with van der Waals surface area (Å²) in [6.07, 6.45) is 1.62. The second-order valence-electron chi connectivity index (χ2n) is 3.19. The van der Waals surface area contributed by atoms with Gasteiger partial charge in [-0.25, -0.2) is 4.99 Å². The fourth-order valence-corrected chi connectivity index (χ4v) is 2.00. The van der Waals surface area contributed by atoms with Crippen LogP contribution >= 0.6 is 28.1 Å². The van der Waals surface area contributed by atoms with E-state index >= 15 is 0 Å². The average Bonchev–Trinajstić information content (AvgIpc) is 2.79. The van der Waals surface area contributed by atoms with E-state index in [0.29, 0.717) is 0 Å². The van der Waals surface area contributed by atoms with Crippen molar-refractivity contribution in [3.8, 4) is 0 Å². The second-order valence-corrected chi connectivity index (χ2v) is 4.29. The zero-order valence-electron chi connectivity index (χ0n) is 8.26. The highest BCUT2D eigenvalue weighted by atomic mass is 79.9. The van der Waals surface area contributed by atoms with Gasteiger partial charge in [0.1, 0.15) is 11.8 Å². The van der Waals surface area contributed by atoms with Gasteiger partial charge in [-0.15, -0.1) is 0 Å². The highest BCUT2D eigenvalue weighted by Gasteiger charge is 2.15. The van der Waals surface area contributed by atoms with E-state index in [1.807, 2.05) is 36.4 Å². The highest BCUT2D eigenvalue weighted by molar-refractivity contribution is 9.10. The first-order chi connectivity index (χ1) is 7.81. The lowest BCUT2D eigenvalue weighted by atomic mass is 10.1. The predicted molar refractivity (Wildman–Crippen MR) is 69.7 cm³/mol. The van der Waals surface area contributed by atoms with Crippen LogP contribution in [0.25, 0.3) is 0 Å². The molecule has 0 N–H and O–H groups in total. The van der Waals surface area contributed by atoms with Gasteiger partial charge in [0.2, 0.25) is 0 Å². The maximum absolute atomic E-state index is 5.35. The third-order valence-corrected chi connectivity index (χ3v) is 2.76. The molecule has 1 unspecified atom stereocenters. The Morgan fingerprint density at radius 3 is 2.81 bits per heavy atom. The monoisotopic (exact) mass is 293 g/mol. The van der Waals surface area contributed by atoms with Gasteiger partial charge in [-0.1, -0.05) is 28.1 Å². The van der Waals surface area contributed by atoms with Crippen LogP contribution in [-0.2, 0) is 0 Å². The van der Waals surface area contributed by atoms with Crippen molar-refractivity contribution in [2.45, 2.75) is 6.04 Å².